The number of carbonyl (C=O) groups is 2. The first-order valence-corrected chi connectivity index (χ1v) is 6.87. The van der Waals surface area contributed by atoms with E-state index in [9.17, 15) is 19.7 Å². The molecule has 1 aliphatic heterocycles. The zero-order chi connectivity index (χ0) is 16.5. The van der Waals surface area contributed by atoms with Crippen molar-refractivity contribution >= 4 is 17.8 Å². The van der Waals surface area contributed by atoms with Crippen molar-refractivity contribution in [2.24, 2.45) is 10.7 Å². The Labute approximate surface area is 126 Å². The Hall–Kier alpha value is -2.43. The van der Waals surface area contributed by atoms with Crippen molar-refractivity contribution in [2.75, 3.05) is 13.1 Å². The molecule has 1 amide bonds. The summed E-state index contributed by atoms with van der Waals surface area (Å²) in [7, 11) is 0. The van der Waals surface area contributed by atoms with Gasteiger partial charge >= 0.3 is 5.97 Å². The maximum Gasteiger partial charge on any atom is 0.326 e. The summed E-state index contributed by atoms with van der Waals surface area (Å²) in [5.74, 6) is -1.81. The van der Waals surface area contributed by atoms with Crippen LogP contribution in [0.3, 0.4) is 0 Å². The van der Waals surface area contributed by atoms with Gasteiger partial charge < -0.3 is 21.5 Å². The molecule has 0 spiro atoms. The van der Waals surface area contributed by atoms with Crippen LogP contribution in [0.15, 0.2) is 4.99 Å². The Bertz CT molecular complexity index is 448. The number of amides is 1. The number of carbonyl (C=O) groups excluding carboxylic acids is 1. The van der Waals surface area contributed by atoms with E-state index >= 15 is 0 Å². The number of hydrazine groups is 1. The van der Waals surface area contributed by atoms with Crippen LogP contribution >= 0.6 is 0 Å². The fraction of sp³-hybridized carbons (Fsp3) is 0.727. The normalized spacial score (nSPS) is 19.5. The lowest BCUT2D eigenvalue weighted by Crippen LogP contribution is -2.48. The van der Waals surface area contributed by atoms with Crippen LogP contribution in [0.5, 0.6) is 0 Å². The standard InChI is InChI=1S/C11H20N6O5/c12-11(16-17(21)22)14-6-2-4-8(10(19)20)15-9(18)7-3-1-5-13-7/h7-8,13H,1-6H2,(H,15,18)(H,19,20)(H3,12,14,16)/t7-,8-/m0/s1. The SMILES string of the molecule is NC(=NCCC[C@H](NC(=O)[C@@H]1CCCN1)C(=O)O)N[N+](=O)[O-]. The quantitative estimate of drug-likeness (QED) is 0.114. The van der Waals surface area contributed by atoms with Gasteiger partial charge in [0.2, 0.25) is 5.91 Å². The smallest absolute Gasteiger partial charge is 0.326 e. The van der Waals surface area contributed by atoms with E-state index in [1.165, 1.54) is 0 Å². The van der Waals surface area contributed by atoms with Crippen molar-refractivity contribution in [1.29, 1.82) is 0 Å². The van der Waals surface area contributed by atoms with Gasteiger partial charge in [0, 0.05) is 6.54 Å². The molecule has 0 unspecified atom stereocenters. The number of carboxylic acid groups (broad SMARTS) is 1. The molecule has 0 aromatic rings. The second-order valence-electron chi connectivity index (χ2n) is 4.83. The molecular formula is C11H20N6O5. The number of hydrogen-bond donors (Lipinski definition) is 5. The molecule has 11 nitrogen and oxygen atoms in total. The molecule has 22 heavy (non-hydrogen) atoms. The summed E-state index contributed by atoms with van der Waals surface area (Å²) >= 11 is 0. The lowest BCUT2D eigenvalue weighted by Gasteiger charge is -2.17. The summed E-state index contributed by atoms with van der Waals surface area (Å²) in [6.45, 7) is 0.862. The third kappa shape index (κ3) is 6.35. The summed E-state index contributed by atoms with van der Waals surface area (Å²) < 4.78 is 0. The number of carboxylic acids is 1. The van der Waals surface area contributed by atoms with Gasteiger partial charge in [-0.3, -0.25) is 4.79 Å². The van der Waals surface area contributed by atoms with E-state index in [1.54, 1.807) is 5.43 Å². The van der Waals surface area contributed by atoms with Crippen LogP contribution in [-0.2, 0) is 9.59 Å². The summed E-state index contributed by atoms with van der Waals surface area (Å²) in [6, 6.07) is -1.37. The highest BCUT2D eigenvalue weighted by molar-refractivity contribution is 5.87. The first-order chi connectivity index (χ1) is 10.4. The number of nitro groups is 1. The first-order valence-electron chi connectivity index (χ1n) is 6.87. The summed E-state index contributed by atoms with van der Waals surface area (Å²) in [4.78, 5) is 36.7. The molecule has 0 aliphatic carbocycles. The van der Waals surface area contributed by atoms with Gasteiger partial charge in [0.25, 0.3) is 5.96 Å². The Kier molecular flexibility index (Phi) is 7.02. The minimum atomic E-state index is -1.13. The Balaban J connectivity index is 2.36. The molecule has 6 N–H and O–H groups in total. The molecule has 1 fully saturated rings. The number of nitrogens with zero attached hydrogens (tertiary/aromatic N) is 2. The molecule has 1 rings (SSSR count). The van der Waals surface area contributed by atoms with Crippen molar-refractivity contribution in [3.05, 3.63) is 10.1 Å². The van der Waals surface area contributed by atoms with Crippen LogP contribution in [0, 0.1) is 10.1 Å². The molecule has 0 bridgehead atoms. The number of nitrogens with one attached hydrogen (secondary N) is 3. The highest BCUT2D eigenvalue weighted by Gasteiger charge is 2.26. The van der Waals surface area contributed by atoms with Crippen molar-refractivity contribution in [3.8, 4) is 0 Å². The van der Waals surface area contributed by atoms with Gasteiger partial charge in [-0.1, -0.05) is 5.43 Å². The van der Waals surface area contributed by atoms with Crippen molar-refractivity contribution in [3.63, 3.8) is 0 Å². The maximum absolute atomic E-state index is 11.9. The predicted octanol–water partition coefficient (Wildman–Crippen LogP) is -1.82. The highest BCUT2D eigenvalue weighted by atomic mass is 16.7. The molecule has 1 heterocycles. The first kappa shape index (κ1) is 17.6. The van der Waals surface area contributed by atoms with Crippen LogP contribution in [-0.4, -0.2) is 53.1 Å². The minimum absolute atomic E-state index is 0.119. The van der Waals surface area contributed by atoms with Crippen LogP contribution in [0.2, 0.25) is 0 Å². The number of hydrogen-bond acceptors (Lipinski definition) is 6. The molecule has 0 aromatic heterocycles. The third-order valence-corrected chi connectivity index (χ3v) is 3.13. The van der Waals surface area contributed by atoms with Gasteiger partial charge in [-0.15, -0.1) is 0 Å². The van der Waals surface area contributed by atoms with Crippen molar-refractivity contribution in [2.45, 2.75) is 37.8 Å². The number of aliphatic imine (C=N–C) groups is 1. The Morgan fingerprint density at radius 2 is 2.27 bits per heavy atom. The molecule has 2 atom stereocenters. The number of nitrogens with two attached hydrogens (primary N) is 1. The predicted molar refractivity (Wildman–Crippen MR) is 76.4 cm³/mol. The molecule has 1 aliphatic rings. The van der Waals surface area contributed by atoms with E-state index in [0.717, 1.165) is 13.0 Å². The van der Waals surface area contributed by atoms with E-state index in [1.807, 2.05) is 0 Å². The van der Waals surface area contributed by atoms with Crippen LogP contribution < -0.4 is 21.8 Å². The summed E-state index contributed by atoms with van der Waals surface area (Å²) in [5, 5.41) is 23.8. The Morgan fingerprint density at radius 1 is 1.55 bits per heavy atom. The molecule has 1 saturated heterocycles. The molecule has 11 heteroatoms. The zero-order valence-corrected chi connectivity index (χ0v) is 11.9. The van der Waals surface area contributed by atoms with Crippen molar-refractivity contribution < 1.29 is 19.7 Å². The average molecular weight is 316 g/mol. The van der Waals surface area contributed by atoms with E-state index in [2.05, 4.69) is 15.6 Å². The fourth-order valence-corrected chi connectivity index (χ4v) is 2.06. The topological polar surface area (TPSA) is 172 Å². The van der Waals surface area contributed by atoms with Gasteiger partial charge in [-0.05, 0) is 32.2 Å². The van der Waals surface area contributed by atoms with E-state index in [0.29, 0.717) is 12.8 Å². The highest BCUT2D eigenvalue weighted by Crippen LogP contribution is 2.06. The van der Waals surface area contributed by atoms with Gasteiger partial charge in [-0.2, -0.15) is 0 Å². The molecular weight excluding hydrogens is 296 g/mol. The maximum atomic E-state index is 11.9. The van der Waals surface area contributed by atoms with E-state index in [-0.39, 0.29) is 30.9 Å². The van der Waals surface area contributed by atoms with E-state index in [4.69, 9.17) is 10.8 Å². The molecule has 124 valence electrons. The van der Waals surface area contributed by atoms with Crippen LogP contribution in [0.25, 0.3) is 0 Å². The molecule has 0 radical (unpaired) electrons. The number of rotatable bonds is 8. The fourth-order valence-electron chi connectivity index (χ4n) is 2.06. The van der Waals surface area contributed by atoms with Gasteiger partial charge in [0.1, 0.15) is 6.04 Å². The lowest BCUT2D eigenvalue weighted by atomic mass is 10.1. The van der Waals surface area contributed by atoms with Crippen LogP contribution in [0.4, 0.5) is 0 Å². The zero-order valence-electron chi connectivity index (χ0n) is 11.9. The Morgan fingerprint density at radius 3 is 2.82 bits per heavy atom. The third-order valence-electron chi connectivity index (χ3n) is 3.13. The molecule has 0 saturated carbocycles. The number of aliphatic carboxylic acids is 1. The summed E-state index contributed by atoms with van der Waals surface area (Å²) in [6.07, 6.45) is 2.04. The second-order valence-corrected chi connectivity index (χ2v) is 4.83. The van der Waals surface area contributed by atoms with Gasteiger partial charge in [0.05, 0.1) is 6.04 Å². The largest absolute Gasteiger partial charge is 0.480 e. The second kappa shape index (κ2) is 8.77. The molecule has 0 aromatic carbocycles. The minimum Gasteiger partial charge on any atom is -0.480 e. The summed E-state index contributed by atoms with van der Waals surface area (Å²) in [5.41, 5.74) is 6.90. The van der Waals surface area contributed by atoms with Crippen LogP contribution in [0.1, 0.15) is 25.7 Å². The monoisotopic (exact) mass is 316 g/mol. The van der Waals surface area contributed by atoms with Crippen molar-refractivity contribution in [1.82, 2.24) is 16.1 Å². The van der Waals surface area contributed by atoms with Gasteiger partial charge in [0.15, 0.2) is 5.03 Å². The van der Waals surface area contributed by atoms with Gasteiger partial charge in [-0.25, -0.2) is 19.9 Å². The number of guanidine groups is 1. The van der Waals surface area contributed by atoms with E-state index < -0.39 is 17.0 Å². The average Bonchev–Trinajstić information content (AvgIpc) is 2.95. The lowest BCUT2D eigenvalue weighted by molar-refractivity contribution is -0.525.